The van der Waals surface area contributed by atoms with E-state index >= 15 is 0 Å². The van der Waals surface area contributed by atoms with Crippen LogP contribution in [0, 0.1) is 10.1 Å². The quantitative estimate of drug-likeness (QED) is 0.247. The Morgan fingerprint density at radius 1 is 1.28 bits per heavy atom. The van der Waals surface area contributed by atoms with Crippen LogP contribution < -0.4 is 15.4 Å². The topological polar surface area (TPSA) is 123 Å². The molecule has 0 aliphatic carbocycles. The molecule has 2 aromatic carbocycles. The number of rotatable bonds is 9. The zero-order valence-corrected chi connectivity index (χ0v) is 19.6. The van der Waals surface area contributed by atoms with Crippen molar-refractivity contribution in [3.8, 4) is 5.75 Å². The van der Waals surface area contributed by atoms with Gasteiger partial charge in [0, 0.05) is 22.3 Å². The number of carbonyl (C=O) groups is 1. The van der Waals surface area contributed by atoms with Crippen LogP contribution in [0.5, 0.6) is 5.75 Å². The summed E-state index contributed by atoms with van der Waals surface area (Å²) in [5, 5.41) is 18.4. The third-order valence-corrected chi connectivity index (χ3v) is 5.47. The highest BCUT2D eigenvalue weighted by Gasteiger charge is 2.19. The van der Waals surface area contributed by atoms with Crippen LogP contribution in [0.15, 0.2) is 41.1 Å². The van der Waals surface area contributed by atoms with Crippen molar-refractivity contribution in [1.29, 1.82) is 0 Å². The molecule has 0 saturated heterocycles. The minimum absolute atomic E-state index is 0.0562. The maximum Gasteiger partial charge on any atom is 0.311 e. The van der Waals surface area contributed by atoms with Crippen molar-refractivity contribution in [3.05, 3.63) is 56.3 Å². The van der Waals surface area contributed by atoms with Gasteiger partial charge in [-0.25, -0.2) is 9.97 Å². The van der Waals surface area contributed by atoms with Crippen molar-refractivity contribution in [1.82, 2.24) is 20.2 Å². The molecule has 3 rings (SSSR count). The van der Waals surface area contributed by atoms with Crippen molar-refractivity contribution in [3.63, 3.8) is 0 Å². The number of anilines is 2. The molecule has 0 saturated carbocycles. The van der Waals surface area contributed by atoms with Gasteiger partial charge in [0.05, 0.1) is 33.9 Å². The van der Waals surface area contributed by atoms with Gasteiger partial charge in [-0.1, -0.05) is 11.6 Å². The molecule has 1 aromatic heterocycles. The Labute approximate surface area is 197 Å². The highest BCUT2D eigenvalue weighted by atomic mass is 79.9. The number of amides is 1. The Kier molecular flexibility index (Phi) is 7.78. The number of likely N-dealkylation sites (N-methyl/N-ethyl adjacent to an activating group) is 1. The number of ether oxygens (including phenoxy) is 1. The fourth-order valence-electron chi connectivity index (χ4n) is 2.84. The molecule has 2 N–H and O–H groups in total. The number of nitrogens with zero attached hydrogens (tertiary/aromatic N) is 4. The molecule has 12 heteroatoms. The number of hydrogen-bond donors (Lipinski definition) is 2. The van der Waals surface area contributed by atoms with Gasteiger partial charge in [-0.3, -0.25) is 14.9 Å². The van der Waals surface area contributed by atoms with Crippen molar-refractivity contribution in [2.75, 3.05) is 39.1 Å². The van der Waals surface area contributed by atoms with Crippen LogP contribution in [0.1, 0.15) is 0 Å². The molecule has 0 radical (unpaired) electrons. The minimum atomic E-state index is -0.535. The number of benzene rings is 2. The lowest BCUT2D eigenvalue weighted by Gasteiger charge is -2.12. The average molecular weight is 524 g/mol. The smallest absolute Gasteiger partial charge is 0.311 e. The maximum absolute atomic E-state index is 11.7. The van der Waals surface area contributed by atoms with Crippen LogP contribution in [-0.4, -0.2) is 59.5 Å². The number of aromatic nitrogens is 2. The first kappa shape index (κ1) is 23.6. The average Bonchev–Trinajstić information content (AvgIpc) is 2.73. The standard InChI is InChI=1S/C20H20BrClN6O4/c1-27(2)10-19(29)23-5-6-32-18-9-16-13(8-17(18)28(30)31)20(25-11-24-16)26-12-3-4-14(21)15(22)7-12/h3-4,7-9,11H,5-6,10H2,1-2H3,(H,23,29)(H,24,25,26). The first-order chi connectivity index (χ1) is 15.2. The van der Waals surface area contributed by atoms with E-state index < -0.39 is 4.92 Å². The second kappa shape index (κ2) is 10.5. The van der Waals surface area contributed by atoms with E-state index in [0.29, 0.717) is 27.4 Å². The van der Waals surface area contributed by atoms with Gasteiger partial charge in [-0.05, 0) is 48.2 Å². The SMILES string of the molecule is CN(C)CC(=O)NCCOc1cc2ncnc(Nc3ccc(Br)c(Cl)c3)c2cc1[N+](=O)[O-]. The van der Waals surface area contributed by atoms with Crippen molar-refractivity contribution < 1.29 is 14.5 Å². The molecule has 0 unspecified atom stereocenters. The van der Waals surface area contributed by atoms with Gasteiger partial charge in [-0.2, -0.15) is 0 Å². The summed E-state index contributed by atoms with van der Waals surface area (Å²) < 4.78 is 6.32. The lowest BCUT2D eigenvalue weighted by atomic mass is 10.2. The first-order valence-electron chi connectivity index (χ1n) is 9.44. The van der Waals surface area contributed by atoms with Gasteiger partial charge < -0.3 is 20.3 Å². The van der Waals surface area contributed by atoms with Crippen LogP contribution in [0.2, 0.25) is 5.02 Å². The highest BCUT2D eigenvalue weighted by Crippen LogP contribution is 2.35. The van der Waals surface area contributed by atoms with E-state index in [1.165, 1.54) is 18.5 Å². The molecule has 0 atom stereocenters. The molecule has 10 nitrogen and oxygen atoms in total. The molecule has 0 fully saturated rings. The molecular weight excluding hydrogens is 504 g/mol. The molecule has 168 valence electrons. The zero-order chi connectivity index (χ0) is 23.3. The van der Waals surface area contributed by atoms with Crippen molar-refractivity contribution in [2.24, 2.45) is 0 Å². The molecule has 1 amide bonds. The van der Waals surface area contributed by atoms with Crippen molar-refractivity contribution in [2.45, 2.75) is 0 Å². The molecule has 0 aliphatic rings. The Morgan fingerprint density at radius 3 is 2.75 bits per heavy atom. The number of hydrogen-bond acceptors (Lipinski definition) is 8. The summed E-state index contributed by atoms with van der Waals surface area (Å²) >= 11 is 9.47. The van der Waals surface area contributed by atoms with Crippen LogP contribution >= 0.6 is 27.5 Å². The predicted molar refractivity (Wildman–Crippen MR) is 126 cm³/mol. The van der Waals surface area contributed by atoms with Gasteiger partial charge in [-0.15, -0.1) is 0 Å². The molecule has 0 aliphatic heterocycles. The summed E-state index contributed by atoms with van der Waals surface area (Å²) in [5.74, 6) is 0.280. The lowest BCUT2D eigenvalue weighted by Crippen LogP contribution is -2.35. The fourth-order valence-corrected chi connectivity index (χ4v) is 3.26. The molecular formula is C20H20BrClN6O4. The normalized spacial score (nSPS) is 10.9. The Morgan fingerprint density at radius 2 is 2.06 bits per heavy atom. The summed E-state index contributed by atoms with van der Waals surface area (Å²) in [7, 11) is 3.57. The Hall–Kier alpha value is -3.02. The Bertz CT molecular complexity index is 1160. The van der Waals surface area contributed by atoms with Gasteiger partial charge in [0.15, 0.2) is 5.75 Å². The molecule has 0 bridgehead atoms. The Balaban J connectivity index is 1.82. The van der Waals surface area contributed by atoms with E-state index in [1.54, 1.807) is 37.2 Å². The van der Waals surface area contributed by atoms with E-state index in [-0.39, 0.29) is 37.0 Å². The number of nitro groups is 1. The fraction of sp³-hybridized carbons (Fsp3) is 0.250. The van der Waals surface area contributed by atoms with E-state index in [9.17, 15) is 14.9 Å². The molecule has 0 spiro atoms. The number of fused-ring (bicyclic) bond motifs is 1. The molecule has 3 aromatic rings. The van der Waals surface area contributed by atoms with Gasteiger partial charge in [0.1, 0.15) is 18.8 Å². The summed E-state index contributed by atoms with van der Waals surface area (Å²) in [5.41, 5.74) is 0.890. The predicted octanol–water partition coefficient (Wildman–Crippen LogP) is 3.75. The summed E-state index contributed by atoms with van der Waals surface area (Å²) in [6.45, 7) is 0.522. The van der Waals surface area contributed by atoms with Crippen LogP contribution in [0.4, 0.5) is 17.2 Å². The van der Waals surface area contributed by atoms with E-state index in [0.717, 1.165) is 4.47 Å². The van der Waals surface area contributed by atoms with E-state index in [2.05, 4.69) is 36.5 Å². The molecule has 1 heterocycles. The van der Waals surface area contributed by atoms with Gasteiger partial charge in [0.2, 0.25) is 5.91 Å². The molecule has 32 heavy (non-hydrogen) atoms. The largest absolute Gasteiger partial charge is 0.485 e. The maximum atomic E-state index is 11.7. The van der Waals surface area contributed by atoms with Gasteiger partial charge in [0.25, 0.3) is 0 Å². The van der Waals surface area contributed by atoms with Crippen molar-refractivity contribution >= 4 is 61.5 Å². The number of nitro benzene ring substituents is 1. The number of halogens is 2. The van der Waals surface area contributed by atoms with Gasteiger partial charge >= 0.3 is 5.69 Å². The van der Waals surface area contributed by atoms with E-state index in [4.69, 9.17) is 16.3 Å². The summed E-state index contributed by atoms with van der Waals surface area (Å²) in [6.07, 6.45) is 1.35. The lowest BCUT2D eigenvalue weighted by molar-refractivity contribution is -0.385. The second-order valence-electron chi connectivity index (χ2n) is 7.01. The third-order valence-electron chi connectivity index (χ3n) is 4.24. The van der Waals surface area contributed by atoms with Crippen LogP contribution in [0.25, 0.3) is 10.9 Å². The zero-order valence-electron chi connectivity index (χ0n) is 17.3. The van der Waals surface area contributed by atoms with Crippen LogP contribution in [0.3, 0.4) is 0 Å². The first-order valence-corrected chi connectivity index (χ1v) is 10.6. The number of carbonyl (C=O) groups excluding carboxylic acids is 1. The third kappa shape index (κ3) is 6.02. The summed E-state index contributed by atoms with van der Waals surface area (Å²) in [4.78, 5) is 32.9. The van der Waals surface area contributed by atoms with E-state index in [1.807, 2.05) is 0 Å². The monoisotopic (exact) mass is 522 g/mol. The van der Waals surface area contributed by atoms with Crippen LogP contribution in [-0.2, 0) is 4.79 Å². The highest BCUT2D eigenvalue weighted by molar-refractivity contribution is 9.10. The second-order valence-corrected chi connectivity index (χ2v) is 8.27. The summed E-state index contributed by atoms with van der Waals surface area (Å²) in [6, 6.07) is 8.12. The number of nitrogens with one attached hydrogen (secondary N) is 2. The minimum Gasteiger partial charge on any atom is -0.485 e.